The fourth-order valence-corrected chi connectivity index (χ4v) is 3.16. The van der Waals surface area contributed by atoms with Crippen LogP contribution in [-0.4, -0.2) is 36.3 Å². The number of ether oxygens (including phenoxy) is 2. The highest BCUT2D eigenvalue weighted by molar-refractivity contribution is 5.77. The fourth-order valence-electron chi connectivity index (χ4n) is 3.16. The van der Waals surface area contributed by atoms with E-state index in [2.05, 4.69) is 37.8 Å². The summed E-state index contributed by atoms with van der Waals surface area (Å²) in [5, 5.41) is 0. The Morgan fingerprint density at radius 3 is 2.15 bits per heavy atom. The number of rotatable bonds is 3. The molecule has 0 unspecified atom stereocenters. The van der Waals surface area contributed by atoms with Gasteiger partial charge in [-0.25, -0.2) is 9.97 Å². The molecule has 3 aromatic rings. The molecule has 1 saturated heterocycles. The molecule has 1 aliphatic heterocycles. The maximum absolute atomic E-state index is 6.18. The Kier molecular flexibility index (Phi) is 4.70. The summed E-state index contributed by atoms with van der Waals surface area (Å²) in [6.45, 7) is 9.55. The number of aromatic nitrogens is 2. The summed E-state index contributed by atoms with van der Waals surface area (Å²) in [5.74, 6) is 2.08. The highest BCUT2D eigenvalue weighted by Crippen LogP contribution is 2.32. The average molecular weight is 363 g/mol. The lowest BCUT2D eigenvalue weighted by Crippen LogP contribution is -2.37. The Labute approximate surface area is 160 Å². The standard InChI is InChI=1S/C22H25N3O2/c1-22(2,3)16-8-10-17(11-9-16)27-21-20(25-12-14-26-15-13-25)23-18-6-4-5-7-19(18)24-21/h4-11H,12-15H2,1-3H3. The van der Waals surface area contributed by atoms with E-state index in [-0.39, 0.29) is 5.41 Å². The van der Waals surface area contributed by atoms with E-state index < -0.39 is 0 Å². The molecule has 4 rings (SSSR count). The molecule has 1 aliphatic rings. The molecule has 1 fully saturated rings. The molecule has 0 spiro atoms. The van der Waals surface area contributed by atoms with Gasteiger partial charge in [0.15, 0.2) is 5.82 Å². The largest absolute Gasteiger partial charge is 0.436 e. The number of fused-ring (bicyclic) bond motifs is 1. The van der Waals surface area contributed by atoms with Crippen LogP contribution in [0.15, 0.2) is 48.5 Å². The summed E-state index contributed by atoms with van der Waals surface area (Å²) >= 11 is 0. The van der Waals surface area contributed by atoms with Crippen molar-refractivity contribution in [2.75, 3.05) is 31.2 Å². The maximum Gasteiger partial charge on any atom is 0.263 e. The molecule has 0 amide bonds. The van der Waals surface area contributed by atoms with Crippen molar-refractivity contribution in [3.05, 3.63) is 54.1 Å². The van der Waals surface area contributed by atoms with Crippen LogP contribution in [0.5, 0.6) is 11.6 Å². The van der Waals surface area contributed by atoms with Crippen LogP contribution in [0.1, 0.15) is 26.3 Å². The Balaban J connectivity index is 1.70. The number of morpholine rings is 1. The van der Waals surface area contributed by atoms with Gasteiger partial charge in [-0.15, -0.1) is 0 Å². The fraction of sp³-hybridized carbons (Fsp3) is 0.364. The Hall–Kier alpha value is -2.66. The molecular weight excluding hydrogens is 338 g/mol. The third-order valence-electron chi connectivity index (χ3n) is 4.77. The van der Waals surface area contributed by atoms with E-state index in [1.54, 1.807) is 0 Å². The summed E-state index contributed by atoms with van der Waals surface area (Å²) in [6, 6.07) is 16.1. The van der Waals surface area contributed by atoms with Crippen LogP contribution in [0.3, 0.4) is 0 Å². The topological polar surface area (TPSA) is 47.5 Å². The predicted molar refractivity (Wildman–Crippen MR) is 108 cm³/mol. The van der Waals surface area contributed by atoms with Gasteiger partial charge in [-0.2, -0.15) is 0 Å². The van der Waals surface area contributed by atoms with Gasteiger partial charge in [-0.05, 0) is 35.2 Å². The molecule has 0 N–H and O–H groups in total. The molecule has 2 aromatic carbocycles. The highest BCUT2D eigenvalue weighted by Gasteiger charge is 2.20. The normalized spacial score (nSPS) is 15.1. The van der Waals surface area contributed by atoms with Gasteiger partial charge >= 0.3 is 0 Å². The lowest BCUT2D eigenvalue weighted by Gasteiger charge is -2.28. The smallest absolute Gasteiger partial charge is 0.263 e. The first kappa shape index (κ1) is 17.7. The van der Waals surface area contributed by atoms with Crippen molar-refractivity contribution >= 4 is 16.9 Å². The molecule has 140 valence electrons. The van der Waals surface area contributed by atoms with Gasteiger partial charge in [-0.1, -0.05) is 45.0 Å². The zero-order valence-corrected chi connectivity index (χ0v) is 16.1. The van der Waals surface area contributed by atoms with Crippen molar-refractivity contribution in [2.45, 2.75) is 26.2 Å². The van der Waals surface area contributed by atoms with Crippen molar-refractivity contribution in [3.63, 3.8) is 0 Å². The number of hydrogen-bond acceptors (Lipinski definition) is 5. The van der Waals surface area contributed by atoms with Gasteiger partial charge in [0.05, 0.1) is 24.2 Å². The van der Waals surface area contributed by atoms with Crippen LogP contribution < -0.4 is 9.64 Å². The zero-order chi connectivity index (χ0) is 18.9. The van der Waals surface area contributed by atoms with E-state index in [9.17, 15) is 0 Å². The first-order valence-electron chi connectivity index (χ1n) is 9.38. The van der Waals surface area contributed by atoms with Gasteiger partial charge in [0.1, 0.15) is 5.75 Å². The molecule has 27 heavy (non-hydrogen) atoms. The third kappa shape index (κ3) is 3.88. The molecule has 5 heteroatoms. The van der Waals surface area contributed by atoms with E-state index in [0.717, 1.165) is 35.7 Å². The summed E-state index contributed by atoms with van der Waals surface area (Å²) in [4.78, 5) is 11.8. The van der Waals surface area contributed by atoms with Crippen LogP contribution in [0.4, 0.5) is 5.82 Å². The lowest BCUT2D eigenvalue weighted by molar-refractivity contribution is 0.122. The van der Waals surface area contributed by atoms with Crippen LogP contribution in [0.25, 0.3) is 11.0 Å². The van der Waals surface area contributed by atoms with Crippen LogP contribution >= 0.6 is 0 Å². The molecule has 0 radical (unpaired) electrons. The van der Waals surface area contributed by atoms with E-state index in [1.165, 1.54) is 5.56 Å². The Morgan fingerprint density at radius 2 is 1.52 bits per heavy atom. The Bertz CT molecular complexity index is 926. The summed E-state index contributed by atoms with van der Waals surface area (Å²) in [5.41, 5.74) is 3.08. The number of nitrogens with zero attached hydrogens (tertiary/aromatic N) is 3. The van der Waals surface area contributed by atoms with E-state index in [1.807, 2.05) is 36.4 Å². The van der Waals surface area contributed by atoms with Crippen molar-refractivity contribution in [3.8, 4) is 11.6 Å². The van der Waals surface area contributed by atoms with Crippen molar-refractivity contribution in [1.29, 1.82) is 0 Å². The van der Waals surface area contributed by atoms with E-state index in [4.69, 9.17) is 19.4 Å². The second kappa shape index (κ2) is 7.16. The lowest BCUT2D eigenvalue weighted by atomic mass is 9.87. The molecule has 0 bridgehead atoms. The van der Waals surface area contributed by atoms with Gasteiger partial charge in [-0.3, -0.25) is 0 Å². The molecular formula is C22H25N3O2. The van der Waals surface area contributed by atoms with Gasteiger partial charge in [0.25, 0.3) is 5.88 Å². The number of hydrogen-bond donors (Lipinski definition) is 0. The summed E-state index contributed by atoms with van der Waals surface area (Å²) in [7, 11) is 0. The molecule has 0 aliphatic carbocycles. The van der Waals surface area contributed by atoms with Crippen LogP contribution in [0, 0.1) is 0 Å². The van der Waals surface area contributed by atoms with Crippen molar-refractivity contribution < 1.29 is 9.47 Å². The first-order chi connectivity index (χ1) is 13.0. The minimum atomic E-state index is 0.111. The molecule has 1 aromatic heterocycles. The first-order valence-corrected chi connectivity index (χ1v) is 9.38. The van der Waals surface area contributed by atoms with Gasteiger partial charge in [0, 0.05) is 13.1 Å². The minimum Gasteiger partial charge on any atom is -0.436 e. The van der Waals surface area contributed by atoms with Crippen LogP contribution in [-0.2, 0) is 10.2 Å². The second-order valence-electron chi connectivity index (χ2n) is 7.82. The second-order valence-corrected chi connectivity index (χ2v) is 7.82. The SMILES string of the molecule is CC(C)(C)c1ccc(Oc2nc3ccccc3nc2N2CCOCC2)cc1. The van der Waals surface area contributed by atoms with Crippen LogP contribution in [0.2, 0.25) is 0 Å². The van der Waals surface area contributed by atoms with Gasteiger partial charge in [0.2, 0.25) is 0 Å². The predicted octanol–water partition coefficient (Wildman–Crippen LogP) is 4.56. The number of para-hydroxylation sites is 2. The average Bonchev–Trinajstić information content (AvgIpc) is 2.68. The van der Waals surface area contributed by atoms with Crippen molar-refractivity contribution in [2.24, 2.45) is 0 Å². The molecule has 5 nitrogen and oxygen atoms in total. The third-order valence-corrected chi connectivity index (χ3v) is 4.77. The molecule has 2 heterocycles. The highest BCUT2D eigenvalue weighted by atomic mass is 16.5. The van der Waals surface area contributed by atoms with E-state index >= 15 is 0 Å². The molecule has 0 atom stereocenters. The summed E-state index contributed by atoms with van der Waals surface area (Å²) < 4.78 is 11.7. The molecule has 0 saturated carbocycles. The number of benzene rings is 2. The minimum absolute atomic E-state index is 0.111. The summed E-state index contributed by atoms with van der Waals surface area (Å²) in [6.07, 6.45) is 0. The quantitative estimate of drug-likeness (QED) is 0.683. The van der Waals surface area contributed by atoms with Gasteiger partial charge < -0.3 is 14.4 Å². The monoisotopic (exact) mass is 363 g/mol. The number of anilines is 1. The van der Waals surface area contributed by atoms with Crippen molar-refractivity contribution in [1.82, 2.24) is 9.97 Å². The maximum atomic E-state index is 6.18. The zero-order valence-electron chi connectivity index (χ0n) is 16.1. The van der Waals surface area contributed by atoms with E-state index in [0.29, 0.717) is 19.1 Å². The Morgan fingerprint density at radius 1 is 0.889 bits per heavy atom.